The summed E-state index contributed by atoms with van der Waals surface area (Å²) in [6, 6.07) is 16.7. The van der Waals surface area contributed by atoms with Gasteiger partial charge in [0.15, 0.2) is 0 Å². The molecule has 3 nitrogen and oxygen atoms in total. The molecule has 0 amide bonds. The molecule has 1 fully saturated rings. The average molecular weight is 396 g/mol. The van der Waals surface area contributed by atoms with Gasteiger partial charge in [0.1, 0.15) is 5.84 Å². The van der Waals surface area contributed by atoms with E-state index in [0.717, 1.165) is 22.9 Å². The number of benzene rings is 2. The number of nitrogens with one attached hydrogen (secondary N) is 1. The van der Waals surface area contributed by atoms with Crippen LogP contribution in [0.5, 0.6) is 0 Å². The molecular formula is C24H30ClN3. The van der Waals surface area contributed by atoms with E-state index in [9.17, 15) is 0 Å². The summed E-state index contributed by atoms with van der Waals surface area (Å²) in [6.07, 6.45) is 6.07. The van der Waals surface area contributed by atoms with Crippen molar-refractivity contribution >= 4 is 23.1 Å². The summed E-state index contributed by atoms with van der Waals surface area (Å²) in [5.41, 5.74) is 3.95. The van der Waals surface area contributed by atoms with E-state index < -0.39 is 0 Å². The molecule has 1 heterocycles. The third kappa shape index (κ3) is 4.26. The Morgan fingerprint density at radius 2 is 1.89 bits per heavy atom. The molecule has 148 valence electrons. The molecule has 2 aliphatic rings. The van der Waals surface area contributed by atoms with Gasteiger partial charge in [-0.2, -0.15) is 0 Å². The van der Waals surface area contributed by atoms with Gasteiger partial charge in [0.2, 0.25) is 0 Å². The summed E-state index contributed by atoms with van der Waals surface area (Å²) < 4.78 is 0. The number of nitrogens with zero attached hydrogens (tertiary/aromatic N) is 2. The molecule has 4 heteroatoms. The predicted molar refractivity (Wildman–Crippen MR) is 119 cm³/mol. The second-order valence-corrected chi connectivity index (χ2v) is 9.18. The molecule has 0 saturated heterocycles. The topological polar surface area (TPSA) is 27.6 Å². The quantitative estimate of drug-likeness (QED) is 0.724. The third-order valence-corrected chi connectivity index (χ3v) is 6.53. The molecule has 0 aromatic heterocycles. The van der Waals surface area contributed by atoms with E-state index in [4.69, 9.17) is 16.6 Å². The maximum absolute atomic E-state index is 6.16. The standard InChI is InChI=1S/C24H30ClN3/c1-28(2)17-18-10-12-24(13-11-18)15-20-7-3-4-9-22(20)27-23(24)26-16-19-6-5-8-21(25)14-19/h3-9,14,18H,10-13,15-17H2,1-2H3,(H,26,27). The van der Waals surface area contributed by atoms with Crippen molar-refractivity contribution in [3.8, 4) is 0 Å². The summed E-state index contributed by atoms with van der Waals surface area (Å²) in [7, 11) is 4.36. The Labute approximate surface area is 173 Å². The van der Waals surface area contributed by atoms with E-state index in [0.29, 0.717) is 6.54 Å². The fraction of sp³-hybridized carbons (Fsp3) is 0.458. The lowest BCUT2D eigenvalue weighted by atomic mass is 9.65. The van der Waals surface area contributed by atoms with Gasteiger partial charge in [-0.1, -0.05) is 41.9 Å². The summed E-state index contributed by atoms with van der Waals surface area (Å²) in [4.78, 5) is 7.42. The lowest BCUT2D eigenvalue weighted by molar-refractivity contribution is 0.186. The van der Waals surface area contributed by atoms with Gasteiger partial charge in [0.05, 0.1) is 6.54 Å². The minimum absolute atomic E-state index is 0.149. The zero-order valence-electron chi connectivity index (χ0n) is 16.9. The van der Waals surface area contributed by atoms with Crippen molar-refractivity contribution in [2.45, 2.75) is 38.6 Å². The van der Waals surface area contributed by atoms with Crippen LogP contribution in [0, 0.1) is 11.3 Å². The molecule has 0 bridgehead atoms. The summed E-state index contributed by atoms with van der Waals surface area (Å²) >= 11 is 6.16. The number of para-hydroxylation sites is 1. The molecule has 0 unspecified atom stereocenters. The maximum atomic E-state index is 6.16. The highest BCUT2D eigenvalue weighted by Gasteiger charge is 2.42. The Morgan fingerprint density at radius 1 is 1.11 bits per heavy atom. The molecule has 1 saturated carbocycles. The molecule has 1 aliphatic heterocycles. The van der Waals surface area contributed by atoms with Crippen LogP contribution in [0.25, 0.3) is 0 Å². The van der Waals surface area contributed by atoms with Crippen molar-refractivity contribution in [2.24, 2.45) is 16.3 Å². The van der Waals surface area contributed by atoms with Crippen LogP contribution in [0.4, 0.5) is 5.69 Å². The molecule has 1 N–H and O–H groups in total. The van der Waals surface area contributed by atoms with Crippen LogP contribution in [0.3, 0.4) is 0 Å². The van der Waals surface area contributed by atoms with E-state index in [-0.39, 0.29) is 5.41 Å². The van der Waals surface area contributed by atoms with Crippen molar-refractivity contribution in [1.82, 2.24) is 4.90 Å². The van der Waals surface area contributed by atoms with Crippen molar-refractivity contribution in [1.29, 1.82) is 0 Å². The van der Waals surface area contributed by atoms with Crippen molar-refractivity contribution < 1.29 is 0 Å². The Bertz CT molecular complexity index is 850. The smallest absolute Gasteiger partial charge is 0.108 e. The minimum Gasteiger partial charge on any atom is -0.343 e. The monoisotopic (exact) mass is 395 g/mol. The third-order valence-electron chi connectivity index (χ3n) is 6.30. The normalized spacial score (nSPS) is 25.7. The van der Waals surface area contributed by atoms with Gasteiger partial charge in [0, 0.05) is 22.7 Å². The number of hydrogen-bond donors (Lipinski definition) is 1. The second kappa shape index (κ2) is 8.26. The highest BCUT2D eigenvalue weighted by Crippen LogP contribution is 2.46. The fourth-order valence-corrected chi connectivity index (χ4v) is 5.07. The Kier molecular flexibility index (Phi) is 5.75. The van der Waals surface area contributed by atoms with E-state index in [2.05, 4.69) is 54.6 Å². The summed E-state index contributed by atoms with van der Waals surface area (Å²) in [5.74, 6) is 1.97. The maximum Gasteiger partial charge on any atom is 0.108 e. The lowest BCUT2D eigenvalue weighted by Gasteiger charge is -2.45. The van der Waals surface area contributed by atoms with E-state index in [1.54, 1.807) is 0 Å². The van der Waals surface area contributed by atoms with Gasteiger partial charge in [-0.15, -0.1) is 0 Å². The fourth-order valence-electron chi connectivity index (χ4n) is 4.86. The van der Waals surface area contributed by atoms with Crippen molar-refractivity contribution in [2.75, 3.05) is 26.0 Å². The Morgan fingerprint density at radius 3 is 2.64 bits per heavy atom. The van der Waals surface area contributed by atoms with Crippen LogP contribution >= 0.6 is 11.6 Å². The average Bonchev–Trinajstić information content (AvgIpc) is 2.68. The van der Waals surface area contributed by atoms with Crippen LogP contribution in [0.15, 0.2) is 53.5 Å². The summed E-state index contributed by atoms with van der Waals surface area (Å²) in [5, 5.41) is 4.48. The number of aliphatic imine (C=N–C) groups is 1. The number of rotatable bonds is 4. The minimum atomic E-state index is 0.149. The van der Waals surface area contributed by atoms with E-state index in [1.807, 2.05) is 18.2 Å². The predicted octanol–water partition coefficient (Wildman–Crippen LogP) is 5.64. The van der Waals surface area contributed by atoms with Gasteiger partial charge in [-0.05, 0) is 81.4 Å². The molecule has 0 radical (unpaired) electrons. The van der Waals surface area contributed by atoms with Gasteiger partial charge >= 0.3 is 0 Å². The van der Waals surface area contributed by atoms with Crippen LogP contribution in [0.2, 0.25) is 5.02 Å². The first kappa shape index (κ1) is 19.5. The first-order chi connectivity index (χ1) is 13.5. The molecule has 1 aliphatic carbocycles. The van der Waals surface area contributed by atoms with Gasteiger partial charge in [-0.25, -0.2) is 0 Å². The van der Waals surface area contributed by atoms with Crippen LogP contribution in [-0.4, -0.2) is 31.4 Å². The number of anilines is 1. The second-order valence-electron chi connectivity index (χ2n) is 8.74. The highest BCUT2D eigenvalue weighted by molar-refractivity contribution is 6.30. The highest BCUT2D eigenvalue weighted by atomic mass is 35.5. The largest absolute Gasteiger partial charge is 0.343 e. The van der Waals surface area contributed by atoms with Gasteiger partial charge in [-0.3, -0.25) is 4.99 Å². The first-order valence-corrected chi connectivity index (χ1v) is 10.7. The molecule has 2 aromatic rings. The van der Waals surface area contributed by atoms with Crippen molar-refractivity contribution in [3.05, 3.63) is 64.7 Å². The zero-order valence-corrected chi connectivity index (χ0v) is 17.7. The van der Waals surface area contributed by atoms with E-state index in [1.165, 1.54) is 49.3 Å². The van der Waals surface area contributed by atoms with Gasteiger partial charge < -0.3 is 10.2 Å². The van der Waals surface area contributed by atoms with Gasteiger partial charge in [0.25, 0.3) is 0 Å². The van der Waals surface area contributed by atoms with Crippen LogP contribution in [-0.2, 0) is 13.0 Å². The SMILES string of the molecule is CN(C)CC1CCC2(CC1)Cc1ccccc1NC2=NCc1cccc(Cl)c1. The zero-order chi connectivity index (χ0) is 19.6. The molecule has 4 rings (SSSR count). The number of amidine groups is 1. The lowest BCUT2D eigenvalue weighted by Crippen LogP contribution is -2.45. The van der Waals surface area contributed by atoms with Crippen molar-refractivity contribution in [3.63, 3.8) is 0 Å². The number of hydrogen-bond acceptors (Lipinski definition) is 2. The Balaban J connectivity index is 1.59. The molecule has 1 spiro atoms. The molecule has 0 atom stereocenters. The molecular weight excluding hydrogens is 366 g/mol. The number of halogens is 1. The number of fused-ring (bicyclic) bond motifs is 1. The Hall–Kier alpha value is -1.84. The van der Waals surface area contributed by atoms with E-state index >= 15 is 0 Å². The summed E-state index contributed by atoms with van der Waals surface area (Å²) in [6.45, 7) is 1.86. The molecule has 28 heavy (non-hydrogen) atoms. The van der Waals surface area contributed by atoms with Crippen LogP contribution < -0.4 is 5.32 Å². The first-order valence-electron chi connectivity index (χ1n) is 10.3. The van der Waals surface area contributed by atoms with Crippen LogP contribution in [0.1, 0.15) is 36.8 Å². The molecule has 2 aromatic carbocycles.